The van der Waals surface area contributed by atoms with E-state index in [-0.39, 0.29) is 53.4 Å². The van der Waals surface area contributed by atoms with Gasteiger partial charge in [0.15, 0.2) is 34.6 Å². The Morgan fingerprint density at radius 3 is 1.83 bits per heavy atom. The number of methoxy groups -OCH3 is 2. The standard InChI is InChI=1S/C34H34O8/c1-22(2)42-34-32(28(37)19-31(33(34)39-4)41-21-24-13-9-6-10-14-24)27(36)18-26(35)25-15-16-29(38-3)30(17-25)40-20-23-11-7-5-8-12-23/h5-17,19,22,37H,18,20-21H2,1-4H3. The number of ketones is 2. The van der Waals surface area contributed by atoms with Crippen LogP contribution in [0.4, 0.5) is 0 Å². The molecular formula is C34H34O8. The third-order valence-electron chi connectivity index (χ3n) is 6.30. The molecule has 8 heteroatoms. The first kappa shape index (κ1) is 30.0. The average molecular weight is 571 g/mol. The topological polar surface area (TPSA) is 101 Å². The summed E-state index contributed by atoms with van der Waals surface area (Å²) in [6, 6.07) is 25.1. The lowest BCUT2D eigenvalue weighted by molar-refractivity contribution is 0.0889. The van der Waals surface area contributed by atoms with Gasteiger partial charge in [0.25, 0.3) is 0 Å². The number of ether oxygens (including phenoxy) is 5. The molecule has 42 heavy (non-hydrogen) atoms. The number of phenols is 1. The summed E-state index contributed by atoms with van der Waals surface area (Å²) < 4.78 is 28.8. The zero-order valence-corrected chi connectivity index (χ0v) is 24.1. The molecule has 0 unspecified atom stereocenters. The van der Waals surface area contributed by atoms with Gasteiger partial charge in [0, 0.05) is 11.6 Å². The fourth-order valence-corrected chi connectivity index (χ4v) is 4.29. The van der Waals surface area contributed by atoms with Gasteiger partial charge in [0.2, 0.25) is 5.75 Å². The fourth-order valence-electron chi connectivity index (χ4n) is 4.29. The zero-order valence-electron chi connectivity index (χ0n) is 24.1. The Morgan fingerprint density at radius 2 is 1.29 bits per heavy atom. The molecule has 0 atom stereocenters. The highest BCUT2D eigenvalue weighted by Gasteiger charge is 2.28. The van der Waals surface area contributed by atoms with Crippen molar-refractivity contribution in [3.05, 3.63) is 107 Å². The zero-order chi connectivity index (χ0) is 30.1. The molecule has 4 aromatic carbocycles. The van der Waals surface area contributed by atoms with Gasteiger partial charge >= 0.3 is 0 Å². The summed E-state index contributed by atoms with van der Waals surface area (Å²) in [4.78, 5) is 26.8. The summed E-state index contributed by atoms with van der Waals surface area (Å²) >= 11 is 0. The molecule has 0 aliphatic rings. The van der Waals surface area contributed by atoms with Gasteiger partial charge in [-0.3, -0.25) is 9.59 Å². The second-order valence-electron chi connectivity index (χ2n) is 9.74. The largest absolute Gasteiger partial charge is 0.507 e. The first-order chi connectivity index (χ1) is 20.3. The van der Waals surface area contributed by atoms with E-state index in [1.165, 1.54) is 20.3 Å². The molecule has 0 heterocycles. The van der Waals surface area contributed by atoms with E-state index in [4.69, 9.17) is 23.7 Å². The van der Waals surface area contributed by atoms with Crippen molar-refractivity contribution < 1.29 is 38.4 Å². The van der Waals surface area contributed by atoms with Crippen LogP contribution >= 0.6 is 0 Å². The van der Waals surface area contributed by atoms with Crippen LogP contribution < -0.4 is 23.7 Å². The SMILES string of the molecule is COc1ccc(C(=O)CC(=O)c2c(O)cc(OCc3ccccc3)c(OC)c2OC(C)C)cc1OCc1ccccc1. The first-order valence-corrected chi connectivity index (χ1v) is 13.5. The van der Waals surface area contributed by atoms with E-state index in [0.29, 0.717) is 11.5 Å². The predicted octanol–water partition coefficient (Wildman–Crippen LogP) is 6.81. The molecule has 0 fully saturated rings. The molecule has 0 spiro atoms. The number of rotatable bonds is 14. The van der Waals surface area contributed by atoms with Gasteiger partial charge < -0.3 is 28.8 Å². The molecule has 4 rings (SSSR count). The molecule has 0 bridgehead atoms. The maximum absolute atomic E-state index is 13.5. The number of hydrogen-bond acceptors (Lipinski definition) is 8. The van der Waals surface area contributed by atoms with E-state index >= 15 is 0 Å². The number of benzene rings is 4. The van der Waals surface area contributed by atoms with E-state index < -0.39 is 18.0 Å². The second kappa shape index (κ2) is 14.1. The van der Waals surface area contributed by atoms with Crippen LogP contribution in [-0.2, 0) is 13.2 Å². The van der Waals surface area contributed by atoms with Crippen LogP contribution in [-0.4, -0.2) is 37.0 Å². The minimum atomic E-state index is -0.636. The normalized spacial score (nSPS) is 10.7. The smallest absolute Gasteiger partial charge is 0.204 e. The van der Waals surface area contributed by atoms with E-state index in [2.05, 4.69) is 0 Å². The molecule has 0 radical (unpaired) electrons. The molecule has 8 nitrogen and oxygen atoms in total. The van der Waals surface area contributed by atoms with Gasteiger partial charge in [0.1, 0.15) is 24.5 Å². The Morgan fingerprint density at radius 1 is 0.690 bits per heavy atom. The maximum atomic E-state index is 13.5. The molecule has 0 amide bonds. The Balaban J connectivity index is 1.59. The van der Waals surface area contributed by atoms with Gasteiger partial charge in [-0.05, 0) is 43.2 Å². The van der Waals surface area contributed by atoms with Gasteiger partial charge in [-0.15, -0.1) is 0 Å². The van der Waals surface area contributed by atoms with Crippen molar-refractivity contribution in [2.24, 2.45) is 0 Å². The molecule has 4 aromatic rings. The molecule has 0 saturated carbocycles. The van der Waals surface area contributed by atoms with Crippen molar-refractivity contribution in [1.82, 2.24) is 0 Å². The van der Waals surface area contributed by atoms with Crippen LogP contribution in [0.15, 0.2) is 84.9 Å². The van der Waals surface area contributed by atoms with Gasteiger partial charge in [0.05, 0.1) is 26.7 Å². The molecule has 0 aromatic heterocycles. The van der Waals surface area contributed by atoms with Crippen LogP contribution in [0.1, 0.15) is 52.1 Å². The highest BCUT2D eigenvalue weighted by molar-refractivity contribution is 6.16. The van der Waals surface area contributed by atoms with Gasteiger partial charge in [-0.1, -0.05) is 60.7 Å². The van der Waals surface area contributed by atoms with Gasteiger partial charge in [-0.25, -0.2) is 0 Å². The third kappa shape index (κ3) is 7.40. The summed E-state index contributed by atoms with van der Waals surface area (Å²) in [6.45, 7) is 4.04. The van der Waals surface area contributed by atoms with Crippen molar-refractivity contribution in [1.29, 1.82) is 0 Å². The number of Topliss-reactive ketones (excluding diaryl/α,β-unsaturated/α-hetero) is 2. The van der Waals surface area contributed by atoms with Crippen molar-refractivity contribution in [3.63, 3.8) is 0 Å². The average Bonchev–Trinajstić information content (AvgIpc) is 2.99. The fraction of sp³-hybridized carbons (Fsp3) is 0.235. The quantitative estimate of drug-likeness (QED) is 0.130. The molecule has 0 aliphatic carbocycles. The highest BCUT2D eigenvalue weighted by atomic mass is 16.5. The number of hydrogen-bond donors (Lipinski definition) is 1. The van der Waals surface area contributed by atoms with Crippen molar-refractivity contribution >= 4 is 11.6 Å². The minimum absolute atomic E-state index is 0.00924. The first-order valence-electron chi connectivity index (χ1n) is 13.5. The molecule has 1 N–H and O–H groups in total. The summed E-state index contributed by atoms with van der Waals surface area (Å²) in [6.07, 6.45) is -0.893. The van der Waals surface area contributed by atoms with E-state index in [1.807, 2.05) is 60.7 Å². The lowest BCUT2D eigenvalue weighted by Gasteiger charge is -2.21. The highest BCUT2D eigenvalue weighted by Crippen LogP contribution is 2.46. The van der Waals surface area contributed by atoms with Crippen molar-refractivity contribution in [3.8, 4) is 34.5 Å². The van der Waals surface area contributed by atoms with E-state index in [0.717, 1.165) is 11.1 Å². The Kier molecular flexibility index (Phi) is 10.1. The number of phenolic OH excluding ortho intramolecular Hbond substituents is 1. The van der Waals surface area contributed by atoms with Crippen LogP contribution in [0.3, 0.4) is 0 Å². The van der Waals surface area contributed by atoms with Crippen LogP contribution in [0.25, 0.3) is 0 Å². The summed E-state index contributed by atoms with van der Waals surface area (Å²) in [5.41, 5.74) is 1.95. The Hall–Kier alpha value is -4.98. The molecular weight excluding hydrogens is 536 g/mol. The summed E-state index contributed by atoms with van der Waals surface area (Å²) in [5.74, 6) is -0.303. The van der Waals surface area contributed by atoms with Crippen LogP contribution in [0.2, 0.25) is 0 Å². The summed E-state index contributed by atoms with van der Waals surface area (Å²) in [7, 11) is 2.93. The van der Waals surface area contributed by atoms with E-state index in [1.54, 1.807) is 32.0 Å². The third-order valence-corrected chi connectivity index (χ3v) is 6.30. The molecule has 0 saturated heterocycles. The Bertz CT molecular complexity index is 1510. The van der Waals surface area contributed by atoms with E-state index in [9.17, 15) is 14.7 Å². The monoisotopic (exact) mass is 570 g/mol. The Labute approximate surface area is 245 Å². The minimum Gasteiger partial charge on any atom is -0.507 e. The van der Waals surface area contributed by atoms with Crippen molar-refractivity contribution in [2.45, 2.75) is 39.6 Å². The van der Waals surface area contributed by atoms with Crippen molar-refractivity contribution in [2.75, 3.05) is 14.2 Å². The lowest BCUT2D eigenvalue weighted by atomic mass is 9.99. The van der Waals surface area contributed by atoms with Gasteiger partial charge in [-0.2, -0.15) is 0 Å². The predicted molar refractivity (Wildman–Crippen MR) is 158 cm³/mol. The number of carbonyl (C=O) groups excluding carboxylic acids is 2. The lowest BCUT2D eigenvalue weighted by Crippen LogP contribution is -2.15. The van der Waals surface area contributed by atoms with Crippen LogP contribution in [0, 0.1) is 0 Å². The summed E-state index contributed by atoms with van der Waals surface area (Å²) in [5, 5.41) is 11.0. The number of carbonyl (C=O) groups is 2. The second-order valence-corrected chi connectivity index (χ2v) is 9.74. The van der Waals surface area contributed by atoms with Crippen LogP contribution in [0.5, 0.6) is 34.5 Å². The number of aromatic hydroxyl groups is 1. The molecule has 218 valence electrons. The maximum Gasteiger partial charge on any atom is 0.204 e. The molecule has 0 aliphatic heterocycles.